The summed E-state index contributed by atoms with van der Waals surface area (Å²) in [7, 11) is 4.11. The van der Waals surface area contributed by atoms with Crippen LogP contribution in [0.1, 0.15) is 27.9 Å². The lowest BCUT2D eigenvalue weighted by Crippen LogP contribution is -2.33. The number of fused-ring (bicyclic) bond motifs is 1. The van der Waals surface area contributed by atoms with Gasteiger partial charge in [-0.15, -0.1) is 11.8 Å². The Labute approximate surface area is 175 Å². The lowest BCUT2D eigenvalue weighted by Gasteiger charge is -2.22. The Kier molecular flexibility index (Phi) is 6.75. The predicted molar refractivity (Wildman–Crippen MR) is 122 cm³/mol. The van der Waals surface area contributed by atoms with E-state index in [2.05, 4.69) is 45.0 Å². The van der Waals surface area contributed by atoms with Gasteiger partial charge in [-0.05, 0) is 70.4 Å². The molecule has 2 aromatic carbocycles. The first-order valence-corrected chi connectivity index (χ1v) is 11.4. The highest BCUT2D eigenvalue weighted by Gasteiger charge is 2.23. The van der Waals surface area contributed by atoms with E-state index in [-0.39, 0.29) is 5.91 Å². The topological polar surface area (TPSA) is 36.4 Å². The molecule has 0 aliphatic carbocycles. The molecule has 0 radical (unpaired) electrons. The van der Waals surface area contributed by atoms with Crippen molar-refractivity contribution in [2.45, 2.75) is 25.2 Å². The summed E-state index contributed by atoms with van der Waals surface area (Å²) < 4.78 is 1.17. The normalized spacial score (nSPS) is 11.4. The van der Waals surface area contributed by atoms with Crippen LogP contribution in [0, 0.1) is 13.8 Å². The van der Waals surface area contributed by atoms with Gasteiger partial charge in [0.2, 0.25) is 0 Å². The molecule has 1 amide bonds. The summed E-state index contributed by atoms with van der Waals surface area (Å²) in [5.41, 5.74) is 4.10. The minimum absolute atomic E-state index is 0.0260. The number of aromatic nitrogens is 1. The predicted octanol–water partition coefficient (Wildman–Crippen LogP) is 5.23. The fraction of sp³-hybridized carbons (Fsp3) is 0.364. The zero-order valence-corrected chi connectivity index (χ0v) is 18.8. The molecule has 0 N–H and O–H groups in total. The van der Waals surface area contributed by atoms with E-state index in [9.17, 15) is 4.79 Å². The fourth-order valence-electron chi connectivity index (χ4n) is 3.16. The van der Waals surface area contributed by atoms with Crippen LogP contribution >= 0.6 is 23.1 Å². The third-order valence-electron chi connectivity index (χ3n) is 4.73. The van der Waals surface area contributed by atoms with Crippen molar-refractivity contribution in [3.63, 3.8) is 0 Å². The number of benzene rings is 2. The molecule has 6 heteroatoms. The Morgan fingerprint density at radius 3 is 2.46 bits per heavy atom. The third-order valence-corrected chi connectivity index (χ3v) is 6.74. The number of carbonyl (C=O) groups is 1. The van der Waals surface area contributed by atoms with Gasteiger partial charge in [0.15, 0.2) is 5.13 Å². The zero-order chi connectivity index (χ0) is 20.3. The molecule has 0 fully saturated rings. The minimum Gasteiger partial charge on any atom is -0.309 e. The van der Waals surface area contributed by atoms with Gasteiger partial charge in [0.25, 0.3) is 5.91 Å². The van der Waals surface area contributed by atoms with Crippen LogP contribution in [-0.4, -0.2) is 49.2 Å². The van der Waals surface area contributed by atoms with Crippen molar-refractivity contribution < 1.29 is 4.79 Å². The highest BCUT2D eigenvalue weighted by atomic mass is 32.2. The second-order valence-electron chi connectivity index (χ2n) is 7.19. The van der Waals surface area contributed by atoms with Crippen LogP contribution in [0.15, 0.2) is 41.3 Å². The average molecular weight is 414 g/mol. The van der Waals surface area contributed by atoms with Gasteiger partial charge in [0.05, 0.1) is 15.8 Å². The maximum Gasteiger partial charge on any atom is 0.261 e. The third kappa shape index (κ3) is 4.40. The lowest BCUT2D eigenvalue weighted by molar-refractivity contribution is 0.0983. The summed E-state index contributed by atoms with van der Waals surface area (Å²) in [5, 5.41) is 0.784. The Hall–Kier alpha value is -1.89. The van der Waals surface area contributed by atoms with E-state index in [1.54, 1.807) is 23.1 Å². The van der Waals surface area contributed by atoms with Crippen molar-refractivity contribution in [2.24, 2.45) is 0 Å². The number of nitrogens with zero attached hydrogens (tertiary/aromatic N) is 3. The van der Waals surface area contributed by atoms with Crippen LogP contribution < -0.4 is 4.90 Å². The Bertz CT molecular complexity index is 942. The van der Waals surface area contributed by atoms with E-state index in [4.69, 9.17) is 4.98 Å². The lowest BCUT2D eigenvalue weighted by atomic mass is 10.1. The van der Waals surface area contributed by atoms with E-state index in [0.717, 1.165) is 39.6 Å². The summed E-state index contributed by atoms with van der Waals surface area (Å²) in [6, 6.07) is 12.0. The summed E-state index contributed by atoms with van der Waals surface area (Å²) in [5.74, 6) is 0.0260. The number of rotatable bonds is 7. The van der Waals surface area contributed by atoms with Crippen molar-refractivity contribution in [1.82, 2.24) is 9.88 Å². The minimum atomic E-state index is 0.0260. The number of hydrogen-bond acceptors (Lipinski definition) is 5. The standard InChI is InChI=1S/C22H27N3OS2/c1-15-11-12-16(2)20-19(15)23-22(28-20)25(14-8-13-24(3)4)21(26)17-9-6-7-10-18(17)27-5/h6-7,9-12H,8,13-14H2,1-5H3. The molecule has 1 aromatic heterocycles. The number of thiazole rings is 1. The maximum absolute atomic E-state index is 13.5. The number of anilines is 1. The first kappa shape index (κ1) is 20.8. The smallest absolute Gasteiger partial charge is 0.261 e. The largest absolute Gasteiger partial charge is 0.309 e. The van der Waals surface area contributed by atoms with Gasteiger partial charge in [-0.1, -0.05) is 35.6 Å². The Balaban J connectivity index is 2.03. The summed E-state index contributed by atoms with van der Waals surface area (Å²) >= 11 is 3.22. The molecule has 148 valence electrons. The Morgan fingerprint density at radius 2 is 1.79 bits per heavy atom. The van der Waals surface area contributed by atoms with Gasteiger partial charge in [-0.2, -0.15) is 0 Å². The fourth-order valence-corrected chi connectivity index (χ4v) is 4.89. The van der Waals surface area contributed by atoms with Gasteiger partial charge in [0, 0.05) is 11.4 Å². The number of amides is 1. The summed E-state index contributed by atoms with van der Waals surface area (Å²) in [4.78, 5) is 23.4. The molecule has 0 saturated heterocycles. The van der Waals surface area contributed by atoms with E-state index >= 15 is 0 Å². The molecule has 0 spiro atoms. The number of carbonyl (C=O) groups excluding carboxylic acids is 1. The first-order valence-electron chi connectivity index (χ1n) is 9.38. The van der Waals surface area contributed by atoms with Gasteiger partial charge in [-0.3, -0.25) is 9.69 Å². The van der Waals surface area contributed by atoms with E-state index in [0.29, 0.717) is 6.54 Å². The van der Waals surface area contributed by atoms with Crippen LogP contribution in [0.25, 0.3) is 10.2 Å². The second-order valence-corrected chi connectivity index (χ2v) is 9.01. The van der Waals surface area contributed by atoms with Crippen molar-refractivity contribution in [3.8, 4) is 0 Å². The van der Waals surface area contributed by atoms with Crippen LogP contribution in [0.4, 0.5) is 5.13 Å². The van der Waals surface area contributed by atoms with Gasteiger partial charge >= 0.3 is 0 Å². The van der Waals surface area contributed by atoms with Crippen LogP contribution in [0.3, 0.4) is 0 Å². The molecule has 3 rings (SSSR count). The molecule has 3 aromatic rings. The zero-order valence-electron chi connectivity index (χ0n) is 17.2. The summed E-state index contributed by atoms with van der Waals surface area (Å²) in [6.07, 6.45) is 2.90. The van der Waals surface area contributed by atoms with E-state index in [1.807, 2.05) is 35.4 Å². The molecule has 0 unspecified atom stereocenters. The van der Waals surface area contributed by atoms with Crippen molar-refractivity contribution in [2.75, 3.05) is 38.3 Å². The van der Waals surface area contributed by atoms with Crippen LogP contribution in [0.2, 0.25) is 0 Å². The van der Waals surface area contributed by atoms with Crippen LogP contribution in [-0.2, 0) is 0 Å². The molecule has 0 atom stereocenters. The first-order chi connectivity index (χ1) is 13.4. The highest BCUT2D eigenvalue weighted by molar-refractivity contribution is 7.98. The van der Waals surface area contributed by atoms with Crippen molar-refractivity contribution in [3.05, 3.63) is 53.1 Å². The van der Waals surface area contributed by atoms with E-state index in [1.165, 1.54) is 10.3 Å². The SMILES string of the molecule is CSc1ccccc1C(=O)N(CCCN(C)C)c1nc2c(C)ccc(C)c2s1. The summed E-state index contributed by atoms with van der Waals surface area (Å²) in [6.45, 7) is 5.76. The monoisotopic (exact) mass is 413 g/mol. The van der Waals surface area contributed by atoms with Crippen molar-refractivity contribution >= 4 is 44.4 Å². The van der Waals surface area contributed by atoms with Gasteiger partial charge in [-0.25, -0.2) is 4.98 Å². The quantitative estimate of drug-likeness (QED) is 0.497. The van der Waals surface area contributed by atoms with Gasteiger partial charge < -0.3 is 4.90 Å². The molecule has 0 saturated carbocycles. The van der Waals surface area contributed by atoms with Crippen molar-refractivity contribution in [1.29, 1.82) is 0 Å². The maximum atomic E-state index is 13.5. The molecule has 28 heavy (non-hydrogen) atoms. The molecule has 0 aliphatic heterocycles. The molecular weight excluding hydrogens is 386 g/mol. The van der Waals surface area contributed by atoms with E-state index < -0.39 is 0 Å². The second kappa shape index (κ2) is 9.07. The molecule has 1 heterocycles. The molecule has 4 nitrogen and oxygen atoms in total. The van der Waals surface area contributed by atoms with Gasteiger partial charge in [0.1, 0.15) is 0 Å². The number of hydrogen-bond donors (Lipinski definition) is 0. The highest BCUT2D eigenvalue weighted by Crippen LogP contribution is 2.34. The molecule has 0 bridgehead atoms. The number of thioether (sulfide) groups is 1. The number of aryl methyl sites for hydroxylation is 2. The molecule has 0 aliphatic rings. The Morgan fingerprint density at radius 1 is 1.07 bits per heavy atom. The molecular formula is C22H27N3OS2. The average Bonchev–Trinajstić information content (AvgIpc) is 3.14. The van der Waals surface area contributed by atoms with Crippen LogP contribution in [0.5, 0.6) is 0 Å².